The first kappa shape index (κ1) is 28.2. The number of aromatic nitrogens is 3. The largest absolute Gasteiger partial charge is 0.479 e. The Kier molecular flexibility index (Phi) is 8.52. The summed E-state index contributed by atoms with van der Waals surface area (Å²) in [4.78, 5) is 11.0. The lowest BCUT2D eigenvalue weighted by Gasteiger charge is -2.34. The van der Waals surface area contributed by atoms with E-state index in [9.17, 15) is 13.2 Å². The van der Waals surface area contributed by atoms with E-state index in [4.69, 9.17) is 9.47 Å². The van der Waals surface area contributed by atoms with Gasteiger partial charge in [0.05, 0.1) is 43.8 Å². The van der Waals surface area contributed by atoms with Crippen molar-refractivity contribution in [1.82, 2.24) is 24.8 Å². The monoisotopic (exact) mass is 563 g/mol. The summed E-state index contributed by atoms with van der Waals surface area (Å²) in [7, 11) is 3.04. The number of anilines is 1. The number of ether oxygens (including phenoxy) is 2. The number of methoxy groups -OCH3 is 2. The molecule has 0 aliphatic carbocycles. The van der Waals surface area contributed by atoms with E-state index in [1.807, 2.05) is 4.90 Å². The van der Waals surface area contributed by atoms with Crippen molar-refractivity contribution >= 4 is 22.9 Å². The number of nitrogens with one attached hydrogen (secondary N) is 2. The van der Waals surface area contributed by atoms with Crippen LogP contribution < -0.4 is 15.4 Å². The van der Waals surface area contributed by atoms with Crippen LogP contribution in [0.25, 0.3) is 16.6 Å². The van der Waals surface area contributed by atoms with Crippen molar-refractivity contribution in [1.29, 1.82) is 0 Å². The molecular formula is C27H33F4N7O2. The summed E-state index contributed by atoms with van der Waals surface area (Å²) in [6, 6.07) is 4.49. The van der Waals surface area contributed by atoms with Gasteiger partial charge in [0.15, 0.2) is 5.82 Å². The molecule has 0 amide bonds. The van der Waals surface area contributed by atoms with Gasteiger partial charge in [-0.15, -0.1) is 5.10 Å². The van der Waals surface area contributed by atoms with Crippen LogP contribution in [0.4, 0.5) is 29.2 Å². The number of nitrogens with zero attached hydrogens (tertiary/aromatic N) is 5. The molecule has 9 nitrogen and oxygen atoms in total. The van der Waals surface area contributed by atoms with Crippen molar-refractivity contribution in [3.63, 3.8) is 0 Å². The molecule has 13 heteroatoms. The van der Waals surface area contributed by atoms with Gasteiger partial charge >= 0.3 is 0 Å². The van der Waals surface area contributed by atoms with Crippen LogP contribution in [0.3, 0.4) is 0 Å². The van der Waals surface area contributed by atoms with Crippen LogP contribution in [0.15, 0.2) is 29.4 Å². The normalized spacial score (nSPS) is 21.5. The Morgan fingerprint density at radius 3 is 2.77 bits per heavy atom. The lowest BCUT2D eigenvalue weighted by molar-refractivity contribution is 0.0918. The third kappa shape index (κ3) is 5.91. The second kappa shape index (κ2) is 12.1. The first-order valence-electron chi connectivity index (χ1n) is 13.2. The summed E-state index contributed by atoms with van der Waals surface area (Å²) in [5, 5.41) is 10.3. The summed E-state index contributed by atoms with van der Waals surface area (Å²) in [6.07, 6.45) is -1.40. The van der Waals surface area contributed by atoms with Crippen LogP contribution in [0.2, 0.25) is 0 Å². The molecule has 1 aromatic carbocycles. The highest BCUT2D eigenvalue weighted by atomic mass is 19.3. The predicted molar refractivity (Wildman–Crippen MR) is 144 cm³/mol. The molecule has 2 aliphatic rings. The SMILES string of the molecule is COCCN1CC[C@@H](Nc2nc(OC)c3c(-c4ccc5c(c4)CC(NCC(F)F)C(C)=N5)c(F)cn3n2)[C@H](F)C1. The van der Waals surface area contributed by atoms with Gasteiger partial charge in [0.25, 0.3) is 6.43 Å². The van der Waals surface area contributed by atoms with Crippen molar-refractivity contribution in [3.05, 3.63) is 35.8 Å². The number of hydrogen-bond donors (Lipinski definition) is 2. The maximum atomic E-state index is 15.4. The number of hydrogen-bond acceptors (Lipinski definition) is 8. The van der Waals surface area contributed by atoms with Gasteiger partial charge in [-0.1, -0.05) is 6.07 Å². The maximum Gasteiger partial charge on any atom is 0.250 e. The summed E-state index contributed by atoms with van der Waals surface area (Å²) < 4.78 is 67.8. The zero-order valence-electron chi connectivity index (χ0n) is 22.6. The highest BCUT2D eigenvalue weighted by Crippen LogP contribution is 2.37. The molecule has 1 fully saturated rings. The van der Waals surface area contributed by atoms with Crippen molar-refractivity contribution in [3.8, 4) is 17.0 Å². The van der Waals surface area contributed by atoms with Crippen LogP contribution in [0.1, 0.15) is 18.9 Å². The van der Waals surface area contributed by atoms with Crippen LogP contribution in [0.5, 0.6) is 5.88 Å². The Hall–Kier alpha value is -3.29. The Labute approximate surface area is 229 Å². The fraction of sp³-hybridized carbons (Fsp3) is 0.519. The molecule has 2 aliphatic heterocycles. The van der Waals surface area contributed by atoms with Gasteiger partial charge in [0, 0.05) is 38.5 Å². The number of fused-ring (bicyclic) bond motifs is 2. The molecule has 5 rings (SSSR count). The average molecular weight is 564 g/mol. The van der Waals surface area contributed by atoms with Gasteiger partial charge in [-0.3, -0.25) is 9.89 Å². The molecule has 2 aromatic heterocycles. The fourth-order valence-electron chi connectivity index (χ4n) is 5.32. The summed E-state index contributed by atoms with van der Waals surface area (Å²) in [6.45, 7) is 3.52. The summed E-state index contributed by atoms with van der Waals surface area (Å²) in [5.41, 5.74) is 3.34. The summed E-state index contributed by atoms with van der Waals surface area (Å²) in [5.74, 6) is -0.276. The average Bonchev–Trinajstić information content (AvgIpc) is 3.26. The summed E-state index contributed by atoms with van der Waals surface area (Å²) >= 11 is 0. The topological polar surface area (TPSA) is 88.3 Å². The smallest absolute Gasteiger partial charge is 0.250 e. The zero-order chi connectivity index (χ0) is 28.4. The third-order valence-electron chi connectivity index (χ3n) is 7.41. The van der Waals surface area contributed by atoms with Crippen molar-refractivity contribution < 1.29 is 27.0 Å². The fourth-order valence-corrected chi connectivity index (χ4v) is 5.32. The first-order valence-corrected chi connectivity index (χ1v) is 13.2. The number of halogens is 4. The third-order valence-corrected chi connectivity index (χ3v) is 7.41. The molecule has 40 heavy (non-hydrogen) atoms. The minimum atomic E-state index is -2.47. The Balaban J connectivity index is 1.41. The molecule has 216 valence electrons. The molecule has 1 saturated heterocycles. The quantitative estimate of drug-likeness (QED) is 0.362. The number of likely N-dealkylation sites (tertiary alicyclic amines) is 1. The molecule has 3 atom stereocenters. The standard InChI is InChI=1S/C27H33F4N7O2/c1-15-22(32-12-23(30)31)11-17-10-16(4-5-20(17)33-15)24-19(29)14-38-25(24)26(40-3)35-27(36-38)34-21-6-7-37(8-9-39-2)13-18(21)28/h4-5,10,14,18,21-23,32H,6-9,11-13H2,1-3H3,(H,34,36)/t18-,21-,22?/m1/s1. The zero-order valence-corrected chi connectivity index (χ0v) is 22.6. The second-order valence-corrected chi connectivity index (χ2v) is 10.1. The molecule has 0 saturated carbocycles. The van der Waals surface area contributed by atoms with Crippen LogP contribution in [0, 0.1) is 5.82 Å². The van der Waals surface area contributed by atoms with E-state index >= 15 is 4.39 Å². The Morgan fingerprint density at radius 2 is 2.05 bits per heavy atom. The lowest BCUT2D eigenvalue weighted by Crippen LogP contribution is -2.48. The van der Waals surface area contributed by atoms with Gasteiger partial charge in [-0.25, -0.2) is 22.1 Å². The van der Waals surface area contributed by atoms with Gasteiger partial charge in [-0.2, -0.15) is 4.98 Å². The number of piperidine rings is 1. The van der Waals surface area contributed by atoms with Crippen LogP contribution in [-0.2, 0) is 11.2 Å². The molecule has 2 N–H and O–H groups in total. The van der Waals surface area contributed by atoms with E-state index in [-0.39, 0.29) is 30.0 Å². The lowest BCUT2D eigenvalue weighted by atomic mass is 9.94. The van der Waals surface area contributed by atoms with Crippen molar-refractivity contribution in [2.45, 2.75) is 44.4 Å². The second-order valence-electron chi connectivity index (χ2n) is 10.1. The van der Waals surface area contributed by atoms with Crippen LogP contribution in [-0.4, -0.2) is 96.9 Å². The molecule has 0 bridgehead atoms. The van der Waals surface area contributed by atoms with Gasteiger partial charge in [0.1, 0.15) is 11.7 Å². The van der Waals surface area contributed by atoms with E-state index in [1.54, 1.807) is 32.2 Å². The number of aliphatic imine (C=N–C) groups is 1. The van der Waals surface area contributed by atoms with E-state index in [1.165, 1.54) is 17.8 Å². The minimum Gasteiger partial charge on any atom is -0.479 e. The van der Waals surface area contributed by atoms with E-state index in [0.29, 0.717) is 55.0 Å². The highest BCUT2D eigenvalue weighted by molar-refractivity contribution is 5.93. The molecule has 3 aromatic rings. The highest BCUT2D eigenvalue weighted by Gasteiger charge is 2.30. The molecular weight excluding hydrogens is 530 g/mol. The maximum absolute atomic E-state index is 15.4. The Bertz CT molecular complexity index is 1380. The number of rotatable bonds is 10. The first-order chi connectivity index (χ1) is 19.3. The van der Waals surface area contributed by atoms with Gasteiger partial charge < -0.3 is 20.1 Å². The van der Waals surface area contributed by atoms with Crippen molar-refractivity contribution in [2.75, 3.05) is 52.3 Å². The molecule has 0 radical (unpaired) electrons. The van der Waals surface area contributed by atoms with Gasteiger partial charge in [0.2, 0.25) is 11.8 Å². The van der Waals surface area contributed by atoms with E-state index < -0.39 is 31.0 Å². The number of benzene rings is 1. The Morgan fingerprint density at radius 1 is 1.23 bits per heavy atom. The molecule has 1 unspecified atom stereocenters. The minimum absolute atomic E-state index is 0.132. The van der Waals surface area contributed by atoms with Crippen LogP contribution >= 0.6 is 0 Å². The van der Waals surface area contributed by atoms with Gasteiger partial charge in [-0.05, 0) is 43.0 Å². The predicted octanol–water partition coefficient (Wildman–Crippen LogP) is 3.89. The number of alkyl halides is 3. The van der Waals surface area contributed by atoms with E-state index in [0.717, 1.165) is 5.56 Å². The molecule has 0 spiro atoms. The van der Waals surface area contributed by atoms with E-state index in [2.05, 4.69) is 25.7 Å². The van der Waals surface area contributed by atoms with Crippen molar-refractivity contribution in [2.24, 2.45) is 4.99 Å². The molecule has 4 heterocycles.